The number of rotatable bonds is 2. The Bertz CT molecular complexity index is 511. The van der Waals surface area contributed by atoms with Crippen LogP contribution in [0.3, 0.4) is 0 Å². The first-order chi connectivity index (χ1) is 7.90. The maximum atomic E-state index is 3.94. The molecule has 0 amide bonds. The van der Waals surface area contributed by atoms with Gasteiger partial charge in [0.2, 0.25) is 0 Å². The van der Waals surface area contributed by atoms with Crippen LogP contribution >= 0.6 is 0 Å². The number of quaternary nitrogens is 1. The molecule has 1 heterocycles. The molecule has 1 aliphatic rings. The van der Waals surface area contributed by atoms with Gasteiger partial charge in [0.05, 0.1) is 6.54 Å². The molecule has 0 radical (unpaired) electrons. The molecule has 0 bridgehead atoms. The first-order valence-corrected chi connectivity index (χ1v) is 6.30. The first kappa shape index (κ1) is 9.91. The molecular weight excluding hydrogens is 196 g/mol. The third kappa shape index (κ3) is 1.45. The highest BCUT2D eigenvalue weighted by Crippen LogP contribution is 2.30. The van der Waals surface area contributed by atoms with Crippen LogP contribution in [0.25, 0.3) is 10.9 Å². The molecule has 0 aliphatic heterocycles. The van der Waals surface area contributed by atoms with Crippen molar-refractivity contribution in [1.29, 1.82) is 0 Å². The van der Waals surface area contributed by atoms with Gasteiger partial charge in [0.1, 0.15) is 0 Å². The lowest BCUT2D eigenvalue weighted by Crippen LogP contribution is -2.51. The first-order valence-electron chi connectivity index (χ1n) is 6.30. The second-order valence-electron chi connectivity index (χ2n) is 4.75. The van der Waals surface area contributed by atoms with Crippen molar-refractivity contribution in [3.8, 4) is 0 Å². The molecule has 0 saturated heterocycles. The zero-order valence-electron chi connectivity index (χ0n) is 9.68. The Morgan fingerprint density at radius 3 is 2.94 bits per heavy atom. The Balaban J connectivity index is 2.17. The maximum absolute atomic E-state index is 3.94. The molecule has 16 heavy (non-hydrogen) atoms. The SMILES string of the molecule is [NH3+]CCc1c[nH]c2c3c(ccc12)CCCC3. The van der Waals surface area contributed by atoms with Crippen LogP contribution < -0.4 is 5.73 Å². The Kier molecular flexibility index (Phi) is 2.44. The standard InChI is InChI=1S/C14H18N2/c15-8-7-11-9-16-14-12-4-2-1-3-10(12)5-6-13(11)14/h5-6,9,16H,1-4,7-8,15H2/p+1. The molecule has 0 unspecified atom stereocenters. The summed E-state index contributed by atoms with van der Waals surface area (Å²) < 4.78 is 0. The van der Waals surface area contributed by atoms with Crippen LogP contribution in [0.15, 0.2) is 18.3 Å². The van der Waals surface area contributed by atoms with Crippen molar-refractivity contribution in [1.82, 2.24) is 4.98 Å². The average molecular weight is 215 g/mol. The molecule has 0 saturated carbocycles. The fraction of sp³-hybridized carbons (Fsp3) is 0.429. The van der Waals surface area contributed by atoms with Gasteiger partial charge in [-0.2, -0.15) is 0 Å². The van der Waals surface area contributed by atoms with Crippen LogP contribution in [-0.4, -0.2) is 11.5 Å². The normalized spacial score (nSPS) is 15.3. The van der Waals surface area contributed by atoms with Gasteiger partial charge in [0, 0.05) is 23.5 Å². The summed E-state index contributed by atoms with van der Waals surface area (Å²) in [6.45, 7) is 0.976. The van der Waals surface area contributed by atoms with Gasteiger partial charge in [-0.1, -0.05) is 12.1 Å². The maximum Gasteiger partial charge on any atom is 0.0781 e. The van der Waals surface area contributed by atoms with Crippen LogP contribution in [0, 0.1) is 0 Å². The largest absolute Gasteiger partial charge is 0.361 e. The summed E-state index contributed by atoms with van der Waals surface area (Å²) in [4.78, 5) is 3.47. The Morgan fingerprint density at radius 1 is 1.19 bits per heavy atom. The summed E-state index contributed by atoms with van der Waals surface area (Å²) in [7, 11) is 0. The van der Waals surface area contributed by atoms with E-state index in [1.54, 1.807) is 11.1 Å². The van der Waals surface area contributed by atoms with Gasteiger partial charge in [-0.3, -0.25) is 0 Å². The molecule has 0 spiro atoms. The molecule has 1 aromatic carbocycles. The number of fused-ring (bicyclic) bond motifs is 3. The number of benzene rings is 1. The van der Waals surface area contributed by atoms with Crippen LogP contribution in [0.2, 0.25) is 0 Å². The lowest BCUT2D eigenvalue weighted by atomic mass is 9.89. The molecule has 2 aromatic rings. The topological polar surface area (TPSA) is 43.4 Å². The zero-order valence-corrected chi connectivity index (χ0v) is 9.68. The minimum atomic E-state index is 0.976. The summed E-state index contributed by atoms with van der Waals surface area (Å²) in [6, 6.07) is 4.62. The monoisotopic (exact) mass is 215 g/mol. The second-order valence-corrected chi connectivity index (χ2v) is 4.75. The summed E-state index contributed by atoms with van der Waals surface area (Å²) >= 11 is 0. The Morgan fingerprint density at radius 2 is 2.06 bits per heavy atom. The molecule has 1 aromatic heterocycles. The molecule has 2 heteroatoms. The van der Waals surface area contributed by atoms with Gasteiger partial charge >= 0.3 is 0 Å². The molecular formula is C14H19N2+. The van der Waals surface area contributed by atoms with E-state index in [4.69, 9.17) is 0 Å². The fourth-order valence-electron chi connectivity index (χ4n) is 2.89. The Labute approximate surface area is 95.8 Å². The van der Waals surface area contributed by atoms with E-state index in [0.717, 1.165) is 13.0 Å². The molecule has 0 fully saturated rings. The third-order valence-electron chi connectivity index (χ3n) is 3.72. The van der Waals surface area contributed by atoms with Gasteiger partial charge in [-0.15, -0.1) is 0 Å². The van der Waals surface area contributed by atoms with Crippen molar-refractivity contribution in [2.45, 2.75) is 32.1 Å². The zero-order chi connectivity index (χ0) is 11.0. The number of nitrogens with one attached hydrogen (secondary N) is 1. The molecule has 3 rings (SSSR count). The van der Waals surface area contributed by atoms with Crippen LogP contribution in [0.4, 0.5) is 0 Å². The predicted octanol–water partition coefficient (Wildman–Crippen LogP) is 1.83. The highest BCUT2D eigenvalue weighted by Gasteiger charge is 2.14. The summed E-state index contributed by atoms with van der Waals surface area (Å²) in [5, 5.41) is 1.42. The van der Waals surface area contributed by atoms with Crippen molar-refractivity contribution >= 4 is 10.9 Å². The Hall–Kier alpha value is -1.28. The van der Waals surface area contributed by atoms with Crippen LogP contribution in [0.5, 0.6) is 0 Å². The van der Waals surface area contributed by atoms with E-state index in [0.29, 0.717) is 0 Å². The van der Waals surface area contributed by atoms with Gasteiger partial charge in [0.25, 0.3) is 0 Å². The van der Waals surface area contributed by atoms with E-state index in [2.05, 4.69) is 29.0 Å². The number of aromatic nitrogens is 1. The number of aromatic amines is 1. The fourth-order valence-corrected chi connectivity index (χ4v) is 2.89. The number of hydrogen-bond donors (Lipinski definition) is 2. The van der Waals surface area contributed by atoms with E-state index in [-0.39, 0.29) is 0 Å². The van der Waals surface area contributed by atoms with E-state index < -0.39 is 0 Å². The van der Waals surface area contributed by atoms with E-state index in [9.17, 15) is 0 Å². The summed E-state index contributed by atoms with van der Waals surface area (Å²) in [6.07, 6.45) is 8.45. The van der Waals surface area contributed by atoms with Crippen molar-refractivity contribution in [3.05, 3.63) is 35.0 Å². The van der Waals surface area contributed by atoms with E-state index in [1.165, 1.54) is 42.1 Å². The molecule has 0 atom stereocenters. The van der Waals surface area contributed by atoms with Crippen molar-refractivity contribution < 1.29 is 5.73 Å². The second kappa shape index (κ2) is 3.95. The molecule has 2 nitrogen and oxygen atoms in total. The number of aryl methyl sites for hydroxylation is 2. The highest BCUT2D eigenvalue weighted by molar-refractivity contribution is 5.87. The van der Waals surface area contributed by atoms with Crippen molar-refractivity contribution in [2.24, 2.45) is 0 Å². The number of hydrogen-bond acceptors (Lipinski definition) is 0. The lowest BCUT2D eigenvalue weighted by molar-refractivity contribution is -0.366. The molecule has 4 N–H and O–H groups in total. The highest BCUT2D eigenvalue weighted by atomic mass is 14.7. The minimum Gasteiger partial charge on any atom is -0.361 e. The van der Waals surface area contributed by atoms with Crippen LogP contribution in [0.1, 0.15) is 29.5 Å². The lowest BCUT2D eigenvalue weighted by Gasteiger charge is -2.16. The van der Waals surface area contributed by atoms with Gasteiger partial charge in [-0.25, -0.2) is 0 Å². The van der Waals surface area contributed by atoms with Crippen molar-refractivity contribution in [3.63, 3.8) is 0 Å². The molecule has 84 valence electrons. The smallest absolute Gasteiger partial charge is 0.0781 e. The predicted molar refractivity (Wildman–Crippen MR) is 66.4 cm³/mol. The quantitative estimate of drug-likeness (QED) is 0.767. The molecule has 1 aliphatic carbocycles. The summed E-state index contributed by atoms with van der Waals surface area (Å²) in [5.41, 5.74) is 9.89. The van der Waals surface area contributed by atoms with Gasteiger partial charge in [-0.05, 0) is 42.4 Å². The van der Waals surface area contributed by atoms with Gasteiger partial charge < -0.3 is 10.7 Å². The number of H-pyrrole nitrogens is 1. The van der Waals surface area contributed by atoms with E-state index >= 15 is 0 Å². The summed E-state index contributed by atoms with van der Waals surface area (Å²) in [5.74, 6) is 0. The van der Waals surface area contributed by atoms with Crippen molar-refractivity contribution in [2.75, 3.05) is 6.54 Å². The average Bonchev–Trinajstić information content (AvgIpc) is 2.73. The van der Waals surface area contributed by atoms with Gasteiger partial charge in [0.15, 0.2) is 0 Å². The van der Waals surface area contributed by atoms with E-state index in [1.807, 2.05) is 0 Å². The van der Waals surface area contributed by atoms with Crippen LogP contribution in [-0.2, 0) is 19.3 Å². The third-order valence-corrected chi connectivity index (χ3v) is 3.72. The minimum absolute atomic E-state index is 0.976.